The zero-order valence-corrected chi connectivity index (χ0v) is 14.4. The van der Waals surface area contributed by atoms with Crippen molar-refractivity contribution in [2.24, 2.45) is 0 Å². The third kappa shape index (κ3) is 4.45. The smallest absolute Gasteiger partial charge is 0.234 e. The van der Waals surface area contributed by atoms with Crippen LogP contribution in [0.15, 0.2) is 48.5 Å². The van der Waals surface area contributed by atoms with Crippen LogP contribution < -0.4 is 10.6 Å². The normalized spacial score (nSPS) is 13.3. The molecule has 2 aromatic rings. The summed E-state index contributed by atoms with van der Waals surface area (Å²) in [6.45, 7) is 4.18. The van der Waals surface area contributed by atoms with Gasteiger partial charge >= 0.3 is 0 Å². The van der Waals surface area contributed by atoms with Crippen molar-refractivity contribution in [3.05, 3.63) is 59.7 Å². The predicted molar refractivity (Wildman–Crippen MR) is 97.7 cm³/mol. The molecule has 0 saturated heterocycles. The zero-order chi connectivity index (χ0) is 17.6. The number of hydrogen-bond donors (Lipinski definition) is 2. The third-order valence-corrected chi connectivity index (χ3v) is 4.30. The number of benzene rings is 2. The molecule has 0 aliphatic carbocycles. The second-order valence-corrected chi connectivity index (χ2v) is 6.29. The molecular weight excluding hydrogens is 314 g/mol. The summed E-state index contributed by atoms with van der Waals surface area (Å²) in [7, 11) is 0. The number of rotatable bonds is 5. The van der Waals surface area contributed by atoms with Crippen molar-refractivity contribution in [2.45, 2.75) is 20.0 Å². The van der Waals surface area contributed by atoms with Crippen molar-refractivity contribution in [3.8, 4) is 11.1 Å². The number of fused-ring (bicyclic) bond motifs is 3. The highest BCUT2D eigenvalue weighted by atomic mass is 16.2. The van der Waals surface area contributed by atoms with E-state index in [0.29, 0.717) is 19.6 Å². The highest BCUT2D eigenvalue weighted by molar-refractivity contribution is 5.78. The maximum absolute atomic E-state index is 12.2. The van der Waals surface area contributed by atoms with E-state index in [1.807, 2.05) is 12.1 Å². The molecule has 1 aliphatic rings. The van der Waals surface area contributed by atoms with Crippen molar-refractivity contribution >= 4 is 11.8 Å². The molecule has 5 heteroatoms. The fraction of sp³-hybridized carbons (Fsp3) is 0.300. The Morgan fingerprint density at radius 2 is 1.40 bits per heavy atom. The summed E-state index contributed by atoms with van der Waals surface area (Å²) in [5.41, 5.74) is 4.95. The van der Waals surface area contributed by atoms with Gasteiger partial charge in [0.05, 0.1) is 6.54 Å². The molecule has 0 saturated carbocycles. The largest absolute Gasteiger partial charge is 0.355 e. The van der Waals surface area contributed by atoms with E-state index in [-0.39, 0.29) is 11.8 Å². The molecule has 1 heterocycles. The van der Waals surface area contributed by atoms with Gasteiger partial charge in [-0.1, -0.05) is 48.5 Å². The Morgan fingerprint density at radius 3 is 1.96 bits per heavy atom. The van der Waals surface area contributed by atoms with Gasteiger partial charge in [0.15, 0.2) is 0 Å². The standard InChI is InChI=1S/C20H23N3O2/c1-15(24)21-10-11-22-20(25)14-23-12-16-6-2-4-8-18(16)19-9-5-3-7-17(19)13-23/h2-9H,10-14H2,1H3,(H,21,24)(H,22,25). The average molecular weight is 337 g/mol. The van der Waals surface area contributed by atoms with Gasteiger partial charge < -0.3 is 10.6 Å². The Labute approximate surface area is 148 Å². The van der Waals surface area contributed by atoms with Crippen molar-refractivity contribution in [1.82, 2.24) is 15.5 Å². The lowest BCUT2D eigenvalue weighted by molar-refractivity contribution is -0.123. The predicted octanol–water partition coefficient (Wildman–Crippen LogP) is 1.92. The Kier molecular flexibility index (Phi) is 5.46. The molecule has 0 spiro atoms. The second kappa shape index (κ2) is 7.94. The summed E-state index contributed by atoms with van der Waals surface area (Å²) >= 11 is 0. The zero-order valence-electron chi connectivity index (χ0n) is 14.4. The van der Waals surface area contributed by atoms with Gasteiger partial charge in [0.1, 0.15) is 0 Å². The maximum Gasteiger partial charge on any atom is 0.234 e. The van der Waals surface area contributed by atoms with Gasteiger partial charge in [0.25, 0.3) is 0 Å². The van der Waals surface area contributed by atoms with E-state index in [9.17, 15) is 9.59 Å². The molecule has 2 amide bonds. The molecule has 1 aliphatic heterocycles. The molecule has 3 rings (SSSR count). The van der Waals surface area contributed by atoms with Crippen molar-refractivity contribution in [3.63, 3.8) is 0 Å². The van der Waals surface area contributed by atoms with E-state index in [2.05, 4.69) is 51.9 Å². The van der Waals surface area contributed by atoms with Crippen LogP contribution in [0, 0.1) is 0 Å². The fourth-order valence-electron chi connectivity index (χ4n) is 3.19. The molecule has 130 valence electrons. The first-order valence-corrected chi connectivity index (χ1v) is 8.53. The molecule has 0 radical (unpaired) electrons. The number of carbonyl (C=O) groups is 2. The van der Waals surface area contributed by atoms with Gasteiger partial charge in [-0.3, -0.25) is 14.5 Å². The summed E-state index contributed by atoms with van der Waals surface area (Å²) in [6.07, 6.45) is 0. The van der Waals surface area contributed by atoms with Gasteiger partial charge in [-0.15, -0.1) is 0 Å². The first-order chi connectivity index (χ1) is 12.1. The topological polar surface area (TPSA) is 61.4 Å². The Hall–Kier alpha value is -2.66. The van der Waals surface area contributed by atoms with Crippen LogP contribution in [0.4, 0.5) is 0 Å². The molecule has 0 aromatic heterocycles. The number of carbonyl (C=O) groups excluding carboxylic acids is 2. The summed E-state index contributed by atoms with van der Waals surface area (Å²) in [5, 5.41) is 5.53. The highest BCUT2D eigenvalue weighted by Gasteiger charge is 2.20. The summed E-state index contributed by atoms with van der Waals surface area (Å²) < 4.78 is 0. The Bertz CT molecular complexity index is 726. The van der Waals surface area contributed by atoms with Gasteiger partial charge in [-0.25, -0.2) is 0 Å². The summed E-state index contributed by atoms with van der Waals surface area (Å²) in [5.74, 6) is -0.114. The molecule has 5 nitrogen and oxygen atoms in total. The Morgan fingerprint density at radius 1 is 0.880 bits per heavy atom. The number of nitrogens with one attached hydrogen (secondary N) is 2. The van der Waals surface area contributed by atoms with E-state index < -0.39 is 0 Å². The molecule has 2 aromatic carbocycles. The quantitative estimate of drug-likeness (QED) is 0.820. The molecular formula is C20H23N3O2. The van der Waals surface area contributed by atoms with Crippen LogP contribution >= 0.6 is 0 Å². The lowest BCUT2D eigenvalue weighted by atomic mass is 9.97. The van der Waals surface area contributed by atoms with Crippen LogP contribution in [-0.4, -0.2) is 36.3 Å². The number of hydrogen-bond acceptors (Lipinski definition) is 3. The highest BCUT2D eigenvalue weighted by Crippen LogP contribution is 2.32. The van der Waals surface area contributed by atoms with Crippen LogP contribution in [0.2, 0.25) is 0 Å². The summed E-state index contributed by atoms with van der Waals surface area (Å²) in [4.78, 5) is 25.2. The average Bonchev–Trinajstić information content (AvgIpc) is 2.75. The molecule has 25 heavy (non-hydrogen) atoms. The monoisotopic (exact) mass is 337 g/mol. The van der Waals surface area contributed by atoms with Crippen LogP contribution in [0.25, 0.3) is 11.1 Å². The minimum Gasteiger partial charge on any atom is -0.355 e. The van der Waals surface area contributed by atoms with E-state index in [4.69, 9.17) is 0 Å². The van der Waals surface area contributed by atoms with Crippen LogP contribution in [0.1, 0.15) is 18.1 Å². The fourth-order valence-corrected chi connectivity index (χ4v) is 3.19. The minimum atomic E-state index is -0.0880. The minimum absolute atomic E-state index is 0.0257. The van der Waals surface area contributed by atoms with Crippen LogP contribution in [-0.2, 0) is 22.7 Å². The van der Waals surface area contributed by atoms with Gasteiger partial charge in [-0.05, 0) is 22.3 Å². The molecule has 0 bridgehead atoms. The van der Waals surface area contributed by atoms with E-state index >= 15 is 0 Å². The lowest BCUT2D eigenvalue weighted by Crippen LogP contribution is -2.39. The van der Waals surface area contributed by atoms with Crippen LogP contribution in [0.3, 0.4) is 0 Å². The Balaban J connectivity index is 1.68. The SMILES string of the molecule is CC(=O)NCCNC(=O)CN1Cc2ccccc2-c2ccccc2C1. The van der Waals surface area contributed by atoms with Gasteiger partial charge in [0, 0.05) is 33.1 Å². The molecule has 2 N–H and O–H groups in total. The molecule has 0 atom stereocenters. The van der Waals surface area contributed by atoms with E-state index in [0.717, 1.165) is 13.1 Å². The van der Waals surface area contributed by atoms with Crippen molar-refractivity contribution in [1.29, 1.82) is 0 Å². The number of amides is 2. The second-order valence-electron chi connectivity index (χ2n) is 6.29. The third-order valence-electron chi connectivity index (χ3n) is 4.30. The van der Waals surface area contributed by atoms with Gasteiger partial charge in [-0.2, -0.15) is 0 Å². The van der Waals surface area contributed by atoms with E-state index in [1.54, 1.807) is 0 Å². The maximum atomic E-state index is 12.2. The van der Waals surface area contributed by atoms with Crippen molar-refractivity contribution in [2.75, 3.05) is 19.6 Å². The first kappa shape index (κ1) is 17.2. The number of nitrogens with zero attached hydrogens (tertiary/aromatic N) is 1. The lowest BCUT2D eigenvalue weighted by Gasteiger charge is -2.20. The van der Waals surface area contributed by atoms with Crippen molar-refractivity contribution < 1.29 is 9.59 Å². The summed E-state index contributed by atoms with van der Waals surface area (Å²) in [6, 6.07) is 16.7. The molecule has 0 fully saturated rings. The van der Waals surface area contributed by atoms with Gasteiger partial charge in [0.2, 0.25) is 11.8 Å². The molecule has 0 unspecified atom stereocenters. The van der Waals surface area contributed by atoms with E-state index in [1.165, 1.54) is 29.2 Å². The van der Waals surface area contributed by atoms with Crippen LogP contribution in [0.5, 0.6) is 0 Å². The first-order valence-electron chi connectivity index (χ1n) is 8.53.